The van der Waals surface area contributed by atoms with Crippen molar-refractivity contribution in [2.75, 3.05) is 13.6 Å². The van der Waals surface area contributed by atoms with E-state index in [1.807, 2.05) is 0 Å². The van der Waals surface area contributed by atoms with Crippen molar-refractivity contribution in [3.05, 3.63) is 41.0 Å². The van der Waals surface area contributed by atoms with Gasteiger partial charge in [-0.25, -0.2) is 5.43 Å². The van der Waals surface area contributed by atoms with Gasteiger partial charge in [0, 0.05) is 25.5 Å². The molecule has 1 N–H and O–H groups in total. The number of rotatable bonds is 1. The first-order valence-electron chi connectivity index (χ1n) is 8.49. The van der Waals surface area contributed by atoms with Crippen LogP contribution in [0.5, 0.6) is 5.75 Å². The van der Waals surface area contributed by atoms with E-state index in [4.69, 9.17) is 4.74 Å². The van der Waals surface area contributed by atoms with E-state index < -0.39 is 0 Å². The highest BCUT2D eigenvalue weighted by molar-refractivity contribution is 5.97. The molecule has 2 atom stereocenters. The second kappa shape index (κ2) is 5.45. The fourth-order valence-electron chi connectivity index (χ4n) is 4.26. The van der Waals surface area contributed by atoms with Crippen LogP contribution in [0.3, 0.4) is 0 Å². The average Bonchev–Trinajstić information content (AvgIpc) is 2.76. The topological polar surface area (TPSA) is 53.9 Å². The SMILES string of the molecule is CC(=O)N/N=C1\C=C[C@@]23CCN(C)Cc4cc(C)cc(c42)OC3C1. The van der Waals surface area contributed by atoms with Crippen LogP contribution in [0.1, 0.15) is 36.5 Å². The molecular weight excluding hydrogens is 302 g/mol. The number of hydrogen-bond acceptors (Lipinski definition) is 4. The lowest BCUT2D eigenvalue weighted by atomic mass is 9.69. The fraction of sp³-hybridized carbons (Fsp3) is 0.474. The molecular formula is C19H23N3O2. The summed E-state index contributed by atoms with van der Waals surface area (Å²) in [5.74, 6) is 0.872. The van der Waals surface area contributed by atoms with Gasteiger partial charge >= 0.3 is 0 Å². The van der Waals surface area contributed by atoms with E-state index in [1.54, 1.807) is 0 Å². The summed E-state index contributed by atoms with van der Waals surface area (Å²) in [7, 11) is 2.18. The monoisotopic (exact) mass is 325 g/mol. The summed E-state index contributed by atoms with van der Waals surface area (Å²) in [5.41, 5.74) is 7.30. The van der Waals surface area contributed by atoms with E-state index in [9.17, 15) is 4.79 Å². The van der Waals surface area contributed by atoms with Gasteiger partial charge in [0.1, 0.15) is 11.9 Å². The van der Waals surface area contributed by atoms with E-state index >= 15 is 0 Å². The summed E-state index contributed by atoms with van der Waals surface area (Å²) in [4.78, 5) is 13.5. The summed E-state index contributed by atoms with van der Waals surface area (Å²) in [6.07, 6.45) is 6.12. The molecule has 5 nitrogen and oxygen atoms in total. The van der Waals surface area contributed by atoms with E-state index in [0.29, 0.717) is 6.42 Å². The average molecular weight is 325 g/mol. The fourth-order valence-corrected chi connectivity index (χ4v) is 4.26. The van der Waals surface area contributed by atoms with Crippen molar-refractivity contribution in [1.29, 1.82) is 0 Å². The van der Waals surface area contributed by atoms with Crippen LogP contribution < -0.4 is 10.2 Å². The van der Waals surface area contributed by atoms with Crippen molar-refractivity contribution in [3.8, 4) is 5.75 Å². The Kier molecular flexibility index (Phi) is 3.49. The van der Waals surface area contributed by atoms with Crippen molar-refractivity contribution in [3.63, 3.8) is 0 Å². The van der Waals surface area contributed by atoms with Crippen LogP contribution in [0.15, 0.2) is 29.4 Å². The number of carbonyl (C=O) groups excluding carboxylic acids is 1. The molecule has 1 amide bonds. The van der Waals surface area contributed by atoms with Crippen LogP contribution in [0.2, 0.25) is 0 Å². The second-order valence-corrected chi connectivity index (χ2v) is 7.24. The largest absolute Gasteiger partial charge is 0.488 e. The number of amides is 1. The Balaban J connectivity index is 1.79. The number of aryl methyl sites for hydroxylation is 1. The molecule has 5 heteroatoms. The van der Waals surface area contributed by atoms with Crippen molar-refractivity contribution in [2.24, 2.45) is 5.10 Å². The number of allylic oxidation sites excluding steroid dienone is 1. The molecule has 24 heavy (non-hydrogen) atoms. The lowest BCUT2D eigenvalue weighted by molar-refractivity contribution is -0.118. The van der Waals surface area contributed by atoms with Gasteiger partial charge in [-0.15, -0.1) is 0 Å². The lowest BCUT2D eigenvalue weighted by Gasteiger charge is -2.34. The third-order valence-electron chi connectivity index (χ3n) is 5.31. The minimum absolute atomic E-state index is 0.0528. The normalized spacial score (nSPS) is 29.6. The maximum Gasteiger partial charge on any atom is 0.236 e. The zero-order valence-corrected chi connectivity index (χ0v) is 14.4. The van der Waals surface area contributed by atoms with E-state index in [1.165, 1.54) is 23.6 Å². The third kappa shape index (κ3) is 2.35. The van der Waals surface area contributed by atoms with Gasteiger partial charge in [-0.1, -0.05) is 12.1 Å². The molecule has 0 saturated heterocycles. The van der Waals surface area contributed by atoms with Gasteiger partial charge in [-0.3, -0.25) is 4.79 Å². The first-order chi connectivity index (χ1) is 11.5. The summed E-state index contributed by atoms with van der Waals surface area (Å²) >= 11 is 0. The number of carbonyl (C=O) groups is 1. The Bertz CT molecular complexity index is 768. The molecule has 0 fully saturated rings. The van der Waals surface area contributed by atoms with Gasteiger partial charge in [0.2, 0.25) is 5.91 Å². The first kappa shape index (κ1) is 15.4. The van der Waals surface area contributed by atoms with Gasteiger partial charge in [-0.2, -0.15) is 5.10 Å². The zero-order valence-electron chi connectivity index (χ0n) is 14.4. The van der Waals surface area contributed by atoms with E-state index in [-0.39, 0.29) is 17.4 Å². The van der Waals surface area contributed by atoms with Gasteiger partial charge in [0.25, 0.3) is 0 Å². The number of nitrogens with one attached hydrogen (secondary N) is 1. The third-order valence-corrected chi connectivity index (χ3v) is 5.31. The maximum absolute atomic E-state index is 11.1. The van der Waals surface area contributed by atoms with Crippen molar-refractivity contribution in [2.45, 2.75) is 44.8 Å². The zero-order chi connectivity index (χ0) is 16.9. The standard InChI is InChI=1S/C19H23N3O2/c1-12-8-14-11-22(3)7-6-19-5-4-15(21-20-13(2)23)10-17(19)24-16(9-12)18(14)19/h4-5,8-9,17H,6-7,10-11H2,1-3H3,(H,20,23)/b21-15+/t17?,19-/m0/s1. The van der Waals surface area contributed by atoms with Gasteiger partial charge in [0.15, 0.2) is 0 Å². The van der Waals surface area contributed by atoms with Crippen LogP contribution in [-0.2, 0) is 16.8 Å². The van der Waals surface area contributed by atoms with Gasteiger partial charge in [-0.05, 0) is 50.2 Å². The maximum atomic E-state index is 11.1. The summed E-state index contributed by atoms with van der Waals surface area (Å²) in [6.45, 7) is 5.59. The molecule has 0 bridgehead atoms. The predicted octanol–water partition coefficient (Wildman–Crippen LogP) is 2.28. The number of benzene rings is 1. The Hall–Kier alpha value is -2.14. The number of ether oxygens (including phenoxy) is 1. The summed E-state index contributed by atoms with van der Waals surface area (Å²) in [5, 5.41) is 4.21. The highest BCUT2D eigenvalue weighted by atomic mass is 16.5. The Morgan fingerprint density at radius 1 is 1.46 bits per heavy atom. The minimum atomic E-state index is -0.152. The highest BCUT2D eigenvalue weighted by Gasteiger charge is 2.51. The summed E-state index contributed by atoms with van der Waals surface area (Å²) < 4.78 is 6.37. The van der Waals surface area contributed by atoms with Crippen LogP contribution in [0, 0.1) is 6.92 Å². The quantitative estimate of drug-likeness (QED) is 0.806. The Labute approximate surface area is 142 Å². The molecule has 2 heterocycles. The van der Waals surface area contributed by atoms with Crippen molar-refractivity contribution >= 4 is 11.6 Å². The minimum Gasteiger partial charge on any atom is -0.488 e. The predicted molar refractivity (Wildman–Crippen MR) is 93.2 cm³/mol. The number of nitrogens with zero attached hydrogens (tertiary/aromatic N) is 2. The molecule has 4 rings (SSSR count). The Morgan fingerprint density at radius 3 is 3.08 bits per heavy atom. The molecule has 3 aliphatic rings. The molecule has 0 radical (unpaired) electrons. The second-order valence-electron chi connectivity index (χ2n) is 7.24. The molecule has 1 aliphatic carbocycles. The molecule has 0 aromatic heterocycles. The van der Waals surface area contributed by atoms with Crippen LogP contribution in [0.25, 0.3) is 0 Å². The van der Waals surface area contributed by atoms with Crippen LogP contribution in [-0.4, -0.2) is 36.2 Å². The first-order valence-corrected chi connectivity index (χ1v) is 8.49. The smallest absolute Gasteiger partial charge is 0.236 e. The van der Waals surface area contributed by atoms with E-state index in [2.05, 4.69) is 53.7 Å². The highest BCUT2D eigenvalue weighted by Crippen LogP contribution is 2.52. The number of hydrogen-bond donors (Lipinski definition) is 1. The Morgan fingerprint density at radius 2 is 2.29 bits per heavy atom. The number of hydrazone groups is 1. The van der Waals surface area contributed by atoms with Crippen molar-refractivity contribution < 1.29 is 9.53 Å². The molecule has 126 valence electrons. The molecule has 2 aliphatic heterocycles. The molecule has 1 unspecified atom stereocenters. The van der Waals surface area contributed by atoms with Gasteiger partial charge in [0.05, 0.1) is 11.1 Å². The lowest BCUT2D eigenvalue weighted by Crippen LogP contribution is -2.42. The van der Waals surface area contributed by atoms with Crippen LogP contribution >= 0.6 is 0 Å². The molecule has 1 aromatic carbocycles. The van der Waals surface area contributed by atoms with Gasteiger partial charge < -0.3 is 9.64 Å². The van der Waals surface area contributed by atoms with Crippen LogP contribution in [0.4, 0.5) is 0 Å². The molecule has 1 spiro atoms. The summed E-state index contributed by atoms with van der Waals surface area (Å²) in [6, 6.07) is 4.45. The van der Waals surface area contributed by atoms with E-state index in [0.717, 1.165) is 31.0 Å². The van der Waals surface area contributed by atoms with Crippen molar-refractivity contribution in [1.82, 2.24) is 10.3 Å². The molecule has 0 saturated carbocycles. The molecule has 1 aromatic rings.